The highest BCUT2D eigenvalue weighted by molar-refractivity contribution is 7.99. The lowest BCUT2D eigenvalue weighted by Gasteiger charge is -2.06. The molecule has 0 aromatic heterocycles. The van der Waals surface area contributed by atoms with Crippen molar-refractivity contribution >= 4 is 29.3 Å². The molecule has 0 radical (unpaired) electrons. The first-order chi connectivity index (χ1) is 10.5. The predicted molar refractivity (Wildman–Crippen MR) is 85.8 cm³/mol. The van der Waals surface area contributed by atoms with Gasteiger partial charge in [0.05, 0.1) is 5.75 Å². The van der Waals surface area contributed by atoms with Crippen LogP contribution in [0.5, 0.6) is 0 Å². The topological polar surface area (TPSA) is 29.1 Å². The molecule has 0 heterocycles. The van der Waals surface area contributed by atoms with Gasteiger partial charge in [-0.1, -0.05) is 29.8 Å². The lowest BCUT2D eigenvalue weighted by Crippen LogP contribution is -2.24. The minimum absolute atomic E-state index is 0.109. The van der Waals surface area contributed by atoms with Crippen LogP contribution in [-0.4, -0.2) is 11.7 Å². The monoisotopic (exact) mass is 341 g/mol. The number of amides is 1. The van der Waals surface area contributed by atoms with E-state index in [1.54, 1.807) is 12.1 Å². The number of halogens is 3. The highest BCUT2D eigenvalue weighted by Gasteiger charge is 2.05. The minimum atomic E-state index is -0.870. The molecule has 2 nitrogen and oxygen atoms in total. The van der Waals surface area contributed by atoms with Crippen LogP contribution in [-0.2, 0) is 17.1 Å². The Hall–Kier alpha value is -1.59. The first-order valence-electron chi connectivity index (χ1n) is 6.57. The highest BCUT2D eigenvalue weighted by Crippen LogP contribution is 2.15. The maximum absolute atomic E-state index is 13.0. The molecule has 116 valence electrons. The fourth-order valence-electron chi connectivity index (χ4n) is 1.74. The molecule has 22 heavy (non-hydrogen) atoms. The highest BCUT2D eigenvalue weighted by atomic mass is 35.5. The van der Waals surface area contributed by atoms with Crippen molar-refractivity contribution in [1.29, 1.82) is 0 Å². The number of benzene rings is 2. The molecule has 6 heteroatoms. The summed E-state index contributed by atoms with van der Waals surface area (Å²) >= 11 is 7.13. The number of hydrogen-bond donors (Lipinski definition) is 1. The fraction of sp³-hybridized carbons (Fsp3) is 0.188. The van der Waals surface area contributed by atoms with Crippen LogP contribution in [0.25, 0.3) is 0 Å². The Morgan fingerprint density at radius 1 is 1.05 bits per heavy atom. The van der Waals surface area contributed by atoms with Gasteiger partial charge in [-0.25, -0.2) is 8.78 Å². The van der Waals surface area contributed by atoms with Gasteiger partial charge in [-0.05, 0) is 35.4 Å². The van der Waals surface area contributed by atoms with Crippen molar-refractivity contribution in [2.75, 3.05) is 5.75 Å². The van der Waals surface area contributed by atoms with Gasteiger partial charge in [-0.3, -0.25) is 4.79 Å². The fourth-order valence-corrected chi connectivity index (χ4v) is 2.68. The molecule has 0 aliphatic rings. The van der Waals surface area contributed by atoms with Crippen LogP contribution in [0.15, 0.2) is 42.5 Å². The number of rotatable bonds is 6. The Morgan fingerprint density at radius 2 is 1.73 bits per heavy atom. The van der Waals surface area contributed by atoms with Crippen molar-refractivity contribution in [3.8, 4) is 0 Å². The molecule has 1 N–H and O–H groups in total. The van der Waals surface area contributed by atoms with Crippen molar-refractivity contribution in [3.05, 3.63) is 70.2 Å². The summed E-state index contributed by atoms with van der Waals surface area (Å²) in [5.41, 5.74) is 1.61. The van der Waals surface area contributed by atoms with E-state index in [0.717, 1.165) is 17.7 Å². The predicted octanol–water partition coefficient (Wildman–Crippen LogP) is 4.17. The number of nitrogens with one attached hydrogen (secondary N) is 1. The first-order valence-corrected chi connectivity index (χ1v) is 8.10. The van der Waals surface area contributed by atoms with E-state index in [1.807, 2.05) is 12.1 Å². The summed E-state index contributed by atoms with van der Waals surface area (Å²) in [5.74, 6) is -1.14. The Balaban J connectivity index is 1.71. The van der Waals surface area contributed by atoms with E-state index in [2.05, 4.69) is 5.32 Å². The molecule has 0 aliphatic heterocycles. The zero-order valence-electron chi connectivity index (χ0n) is 11.6. The van der Waals surface area contributed by atoms with Crippen LogP contribution in [0.1, 0.15) is 11.1 Å². The normalized spacial score (nSPS) is 10.5. The third-order valence-corrected chi connectivity index (χ3v) is 4.14. The van der Waals surface area contributed by atoms with E-state index < -0.39 is 11.6 Å². The molecule has 0 aliphatic carbocycles. The quantitative estimate of drug-likeness (QED) is 0.854. The first kappa shape index (κ1) is 16.8. The molecule has 0 bridgehead atoms. The molecule has 0 spiro atoms. The van der Waals surface area contributed by atoms with Gasteiger partial charge in [0.2, 0.25) is 5.91 Å². The average Bonchev–Trinajstić information content (AvgIpc) is 2.50. The second-order valence-corrected chi connectivity index (χ2v) is 6.07. The molecule has 0 fully saturated rings. The van der Waals surface area contributed by atoms with Crippen molar-refractivity contribution in [1.82, 2.24) is 5.32 Å². The summed E-state index contributed by atoms with van der Waals surface area (Å²) in [6.07, 6.45) is 0. The molecule has 2 aromatic carbocycles. The summed E-state index contributed by atoms with van der Waals surface area (Å²) in [6, 6.07) is 11.0. The zero-order chi connectivity index (χ0) is 15.9. The lowest BCUT2D eigenvalue weighted by atomic mass is 10.2. The maximum atomic E-state index is 13.0. The van der Waals surface area contributed by atoms with Crippen molar-refractivity contribution in [2.45, 2.75) is 12.3 Å². The smallest absolute Gasteiger partial charge is 0.230 e. The molecule has 0 saturated carbocycles. The zero-order valence-corrected chi connectivity index (χ0v) is 13.2. The lowest BCUT2D eigenvalue weighted by molar-refractivity contribution is -0.118. The molecule has 2 rings (SSSR count). The molecule has 0 atom stereocenters. The molecule has 2 aromatic rings. The second-order valence-electron chi connectivity index (χ2n) is 4.64. The van der Waals surface area contributed by atoms with Crippen LogP contribution in [0.4, 0.5) is 8.78 Å². The van der Waals surface area contributed by atoms with Crippen LogP contribution in [0, 0.1) is 11.6 Å². The van der Waals surface area contributed by atoms with E-state index in [4.69, 9.17) is 11.6 Å². The Morgan fingerprint density at radius 3 is 2.41 bits per heavy atom. The Kier molecular flexibility index (Phi) is 6.21. The third-order valence-electron chi connectivity index (χ3n) is 2.89. The molecular weight excluding hydrogens is 328 g/mol. The van der Waals surface area contributed by atoms with E-state index in [9.17, 15) is 13.6 Å². The van der Waals surface area contributed by atoms with E-state index >= 15 is 0 Å². The summed E-state index contributed by atoms with van der Waals surface area (Å²) in [5, 5.41) is 3.44. The van der Waals surface area contributed by atoms with Gasteiger partial charge < -0.3 is 5.32 Å². The van der Waals surface area contributed by atoms with Gasteiger partial charge in [0.15, 0.2) is 11.6 Å². The van der Waals surface area contributed by atoms with Crippen molar-refractivity contribution in [3.63, 3.8) is 0 Å². The summed E-state index contributed by atoms with van der Waals surface area (Å²) in [6.45, 7) is 0.432. The summed E-state index contributed by atoms with van der Waals surface area (Å²) in [7, 11) is 0. The minimum Gasteiger partial charge on any atom is -0.351 e. The van der Waals surface area contributed by atoms with Crippen LogP contribution in [0.2, 0.25) is 5.02 Å². The van der Waals surface area contributed by atoms with E-state index in [1.165, 1.54) is 17.8 Å². The van der Waals surface area contributed by atoms with Crippen molar-refractivity contribution < 1.29 is 13.6 Å². The molecule has 1 amide bonds. The SMILES string of the molecule is O=C(CSCc1ccc(F)c(F)c1)NCc1ccc(Cl)cc1. The average molecular weight is 342 g/mol. The number of hydrogen-bond acceptors (Lipinski definition) is 2. The van der Waals surface area contributed by atoms with E-state index in [-0.39, 0.29) is 11.7 Å². The third kappa shape index (κ3) is 5.31. The van der Waals surface area contributed by atoms with Gasteiger partial charge in [-0.15, -0.1) is 11.8 Å². The second kappa shape index (κ2) is 8.15. The number of thioether (sulfide) groups is 1. The Bertz CT molecular complexity index is 649. The van der Waals surface area contributed by atoms with Gasteiger partial charge in [0.25, 0.3) is 0 Å². The van der Waals surface area contributed by atoms with Gasteiger partial charge in [-0.2, -0.15) is 0 Å². The van der Waals surface area contributed by atoms with Gasteiger partial charge >= 0.3 is 0 Å². The van der Waals surface area contributed by atoms with E-state index in [0.29, 0.717) is 22.9 Å². The molecule has 0 unspecified atom stereocenters. The maximum Gasteiger partial charge on any atom is 0.230 e. The standard InChI is InChI=1S/C16H14ClF2NOS/c17-13-4-1-11(2-5-13)8-20-16(21)10-22-9-12-3-6-14(18)15(19)7-12/h1-7H,8-10H2,(H,20,21). The van der Waals surface area contributed by atoms with Crippen molar-refractivity contribution in [2.24, 2.45) is 0 Å². The summed E-state index contributed by atoms with van der Waals surface area (Å²) in [4.78, 5) is 11.7. The van der Waals surface area contributed by atoms with Gasteiger partial charge in [0.1, 0.15) is 0 Å². The van der Waals surface area contributed by atoms with Crippen LogP contribution in [0.3, 0.4) is 0 Å². The number of carbonyl (C=O) groups is 1. The molecule has 0 saturated heterocycles. The Labute approximate surface area is 136 Å². The summed E-state index contributed by atoms with van der Waals surface area (Å²) < 4.78 is 25.8. The largest absolute Gasteiger partial charge is 0.351 e. The van der Waals surface area contributed by atoms with Gasteiger partial charge in [0, 0.05) is 17.3 Å². The molecular formula is C16H14ClF2NOS. The number of carbonyl (C=O) groups excluding carboxylic acids is 1. The van der Waals surface area contributed by atoms with Crippen LogP contribution >= 0.6 is 23.4 Å². The van der Waals surface area contributed by atoms with Crippen LogP contribution < -0.4 is 5.32 Å².